The van der Waals surface area contributed by atoms with E-state index < -0.39 is 0 Å². The average Bonchev–Trinajstić information content (AvgIpc) is 2.50. The molecule has 0 spiro atoms. The Bertz CT molecular complexity index is 384. The van der Waals surface area contributed by atoms with Crippen molar-refractivity contribution in [3.8, 4) is 5.88 Å². The summed E-state index contributed by atoms with van der Waals surface area (Å²) in [4.78, 5) is 4.41. The number of hydrogen-bond donors (Lipinski definition) is 1. The molecule has 2 N–H and O–H groups in total. The maximum atomic E-state index is 6.13. The van der Waals surface area contributed by atoms with Crippen molar-refractivity contribution < 1.29 is 4.74 Å². The third-order valence-electron chi connectivity index (χ3n) is 3.27. The summed E-state index contributed by atoms with van der Waals surface area (Å²) in [7, 11) is 0. The van der Waals surface area contributed by atoms with Gasteiger partial charge in [-0.25, -0.2) is 4.98 Å². The molecule has 1 heterocycles. The Morgan fingerprint density at radius 1 is 1.29 bits per heavy atom. The fourth-order valence-corrected chi connectivity index (χ4v) is 2.41. The van der Waals surface area contributed by atoms with Crippen LogP contribution in [0.5, 0.6) is 5.88 Å². The van der Waals surface area contributed by atoms with Gasteiger partial charge in [0.25, 0.3) is 0 Å². The van der Waals surface area contributed by atoms with E-state index in [1.54, 1.807) is 0 Å². The minimum Gasteiger partial charge on any atom is -0.473 e. The van der Waals surface area contributed by atoms with E-state index in [0.29, 0.717) is 5.88 Å². The van der Waals surface area contributed by atoms with Crippen molar-refractivity contribution in [1.29, 1.82) is 0 Å². The zero-order chi connectivity index (χ0) is 12.3. The van der Waals surface area contributed by atoms with Crippen molar-refractivity contribution in [3.63, 3.8) is 0 Å². The van der Waals surface area contributed by atoms with Gasteiger partial charge in [-0.05, 0) is 48.2 Å². The van der Waals surface area contributed by atoms with Gasteiger partial charge in [0, 0.05) is 16.6 Å². The van der Waals surface area contributed by atoms with Gasteiger partial charge in [0.05, 0.1) is 5.69 Å². The van der Waals surface area contributed by atoms with Gasteiger partial charge in [-0.3, -0.25) is 0 Å². The number of aromatic nitrogens is 1. The predicted molar refractivity (Wildman–Crippen MR) is 72.2 cm³/mol. The maximum Gasteiger partial charge on any atom is 0.213 e. The van der Waals surface area contributed by atoms with Crippen molar-refractivity contribution in [2.24, 2.45) is 5.73 Å². The largest absolute Gasteiger partial charge is 0.473 e. The molecule has 0 radical (unpaired) electrons. The first-order valence-electron chi connectivity index (χ1n) is 6.22. The van der Waals surface area contributed by atoms with E-state index in [-0.39, 0.29) is 12.1 Å². The molecule has 4 heteroatoms. The first-order chi connectivity index (χ1) is 8.16. The Kier molecular flexibility index (Phi) is 4.40. The van der Waals surface area contributed by atoms with E-state index in [1.807, 2.05) is 19.1 Å². The molecule has 2 rings (SSSR count). The Hall–Kier alpha value is -0.610. The topological polar surface area (TPSA) is 48.1 Å². The lowest BCUT2D eigenvalue weighted by Gasteiger charge is -2.22. The van der Waals surface area contributed by atoms with Crippen LogP contribution in [0.15, 0.2) is 16.6 Å². The average molecular weight is 299 g/mol. The van der Waals surface area contributed by atoms with E-state index in [9.17, 15) is 0 Å². The molecular weight excluding hydrogens is 280 g/mol. The number of aryl methyl sites for hydroxylation is 1. The van der Waals surface area contributed by atoms with Crippen LogP contribution < -0.4 is 10.5 Å². The molecule has 0 amide bonds. The molecule has 1 aromatic heterocycles. The molecule has 1 saturated carbocycles. The fourth-order valence-electron chi connectivity index (χ4n) is 2.19. The molecule has 1 aromatic rings. The normalized spacial score (nSPS) is 25.4. The SMILES string of the molecule is Cc1nc(OC2CCCCCC2N)ccc1Br. The summed E-state index contributed by atoms with van der Waals surface area (Å²) in [5.74, 6) is 0.688. The number of nitrogens with two attached hydrogens (primary N) is 1. The molecular formula is C13H19BrN2O. The van der Waals surface area contributed by atoms with E-state index >= 15 is 0 Å². The molecule has 0 bridgehead atoms. The summed E-state index contributed by atoms with van der Waals surface area (Å²) in [6.07, 6.45) is 5.89. The molecule has 1 aliphatic rings. The summed E-state index contributed by atoms with van der Waals surface area (Å²) in [5.41, 5.74) is 7.08. The zero-order valence-electron chi connectivity index (χ0n) is 10.2. The van der Waals surface area contributed by atoms with Crippen LogP contribution in [0.2, 0.25) is 0 Å². The van der Waals surface area contributed by atoms with Gasteiger partial charge < -0.3 is 10.5 Å². The Labute approximate surface area is 111 Å². The van der Waals surface area contributed by atoms with Crippen LogP contribution in [0.25, 0.3) is 0 Å². The third kappa shape index (κ3) is 3.42. The highest BCUT2D eigenvalue weighted by Crippen LogP contribution is 2.23. The molecule has 0 aromatic carbocycles. The molecule has 0 saturated heterocycles. The van der Waals surface area contributed by atoms with E-state index in [0.717, 1.165) is 23.0 Å². The van der Waals surface area contributed by atoms with E-state index in [2.05, 4.69) is 20.9 Å². The molecule has 94 valence electrons. The van der Waals surface area contributed by atoms with Crippen LogP contribution in [0.3, 0.4) is 0 Å². The predicted octanol–water partition coefficient (Wildman–Crippen LogP) is 3.19. The number of halogens is 1. The lowest BCUT2D eigenvalue weighted by Crippen LogP contribution is -2.38. The van der Waals surface area contributed by atoms with Crippen molar-refractivity contribution in [3.05, 3.63) is 22.3 Å². The first kappa shape index (κ1) is 12.8. The highest BCUT2D eigenvalue weighted by Gasteiger charge is 2.22. The maximum absolute atomic E-state index is 6.13. The summed E-state index contributed by atoms with van der Waals surface area (Å²) < 4.78 is 6.94. The Morgan fingerprint density at radius 2 is 2.06 bits per heavy atom. The highest BCUT2D eigenvalue weighted by molar-refractivity contribution is 9.10. The molecule has 2 atom stereocenters. The summed E-state index contributed by atoms with van der Waals surface area (Å²) >= 11 is 3.44. The van der Waals surface area contributed by atoms with Gasteiger partial charge in [0.1, 0.15) is 6.10 Å². The summed E-state index contributed by atoms with van der Waals surface area (Å²) in [6.45, 7) is 1.96. The molecule has 17 heavy (non-hydrogen) atoms. The standard InChI is InChI=1S/C13H19BrN2O/c1-9-10(14)7-8-13(16-9)17-12-6-4-2-3-5-11(12)15/h7-8,11-12H,2-6,15H2,1H3. The van der Waals surface area contributed by atoms with Gasteiger partial charge in [-0.1, -0.05) is 12.8 Å². The highest BCUT2D eigenvalue weighted by atomic mass is 79.9. The first-order valence-corrected chi connectivity index (χ1v) is 7.01. The molecule has 1 fully saturated rings. The third-order valence-corrected chi connectivity index (χ3v) is 4.11. The zero-order valence-corrected chi connectivity index (χ0v) is 11.7. The number of nitrogens with zero attached hydrogens (tertiary/aromatic N) is 1. The molecule has 1 aliphatic carbocycles. The van der Waals surface area contributed by atoms with Gasteiger partial charge in [-0.15, -0.1) is 0 Å². The van der Waals surface area contributed by atoms with Crippen molar-refractivity contribution in [1.82, 2.24) is 4.98 Å². The van der Waals surface area contributed by atoms with Crippen LogP contribution in [0, 0.1) is 6.92 Å². The number of pyridine rings is 1. The number of hydrogen-bond acceptors (Lipinski definition) is 3. The van der Waals surface area contributed by atoms with Crippen molar-refractivity contribution in [2.45, 2.75) is 51.2 Å². The van der Waals surface area contributed by atoms with Gasteiger partial charge in [0.2, 0.25) is 5.88 Å². The fraction of sp³-hybridized carbons (Fsp3) is 0.615. The lowest BCUT2D eigenvalue weighted by molar-refractivity contribution is 0.156. The second-order valence-corrected chi connectivity index (χ2v) is 5.53. The summed E-state index contributed by atoms with van der Waals surface area (Å²) in [6, 6.07) is 4.01. The van der Waals surface area contributed by atoms with Crippen LogP contribution in [0.4, 0.5) is 0 Å². The Balaban J connectivity index is 2.05. The smallest absolute Gasteiger partial charge is 0.213 e. The molecule has 2 unspecified atom stereocenters. The van der Waals surface area contributed by atoms with Crippen LogP contribution >= 0.6 is 15.9 Å². The lowest BCUT2D eigenvalue weighted by atomic mass is 10.1. The molecule has 3 nitrogen and oxygen atoms in total. The van der Waals surface area contributed by atoms with E-state index in [1.165, 1.54) is 19.3 Å². The van der Waals surface area contributed by atoms with Crippen molar-refractivity contribution >= 4 is 15.9 Å². The van der Waals surface area contributed by atoms with Crippen LogP contribution in [0.1, 0.15) is 37.8 Å². The number of rotatable bonds is 2. The number of ether oxygens (including phenoxy) is 1. The molecule has 0 aliphatic heterocycles. The quantitative estimate of drug-likeness (QED) is 0.853. The minimum absolute atomic E-state index is 0.116. The minimum atomic E-state index is 0.116. The van der Waals surface area contributed by atoms with Gasteiger partial charge in [-0.2, -0.15) is 0 Å². The Morgan fingerprint density at radius 3 is 2.82 bits per heavy atom. The van der Waals surface area contributed by atoms with Gasteiger partial charge >= 0.3 is 0 Å². The van der Waals surface area contributed by atoms with Crippen molar-refractivity contribution in [2.75, 3.05) is 0 Å². The second kappa shape index (κ2) is 5.83. The second-order valence-electron chi connectivity index (χ2n) is 4.67. The van der Waals surface area contributed by atoms with Crippen LogP contribution in [-0.2, 0) is 0 Å². The monoisotopic (exact) mass is 298 g/mol. The van der Waals surface area contributed by atoms with E-state index in [4.69, 9.17) is 10.5 Å². The summed E-state index contributed by atoms with van der Waals surface area (Å²) in [5, 5.41) is 0. The van der Waals surface area contributed by atoms with Crippen LogP contribution in [-0.4, -0.2) is 17.1 Å². The van der Waals surface area contributed by atoms with Gasteiger partial charge in [0.15, 0.2) is 0 Å².